The van der Waals surface area contributed by atoms with Crippen molar-refractivity contribution in [2.75, 3.05) is 31.1 Å². The lowest BCUT2D eigenvalue weighted by Gasteiger charge is -2.35. The van der Waals surface area contributed by atoms with E-state index in [9.17, 15) is 4.79 Å². The lowest BCUT2D eigenvalue weighted by molar-refractivity contribution is 0.0746. The predicted octanol–water partition coefficient (Wildman–Crippen LogP) is 3.45. The Balaban J connectivity index is 1.18. The second-order valence-corrected chi connectivity index (χ2v) is 8.65. The topological polar surface area (TPSA) is 80.0 Å². The molecule has 0 bridgehead atoms. The molecule has 32 heavy (non-hydrogen) atoms. The molecule has 0 atom stereocenters. The fourth-order valence-corrected chi connectivity index (χ4v) is 5.03. The molecule has 8 heteroatoms. The third-order valence-corrected chi connectivity index (χ3v) is 6.77. The maximum Gasteiger partial charge on any atom is 0.255 e. The molecule has 3 aromatic heterocycles. The van der Waals surface area contributed by atoms with Crippen molar-refractivity contribution in [3.8, 4) is 0 Å². The van der Waals surface area contributed by atoms with Gasteiger partial charge in [0.2, 0.25) is 0 Å². The quantitative estimate of drug-likeness (QED) is 0.498. The molecule has 2 aliphatic rings. The molecule has 1 aliphatic carbocycles. The van der Waals surface area contributed by atoms with Crippen LogP contribution in [0.1, 0.15) is 42.1 Å². The zero-order valence-corrected chi connectivity index (χ0v) is 17.9. The Kier molecular flexibility index (Phi) is 4.70. The molecule has 1 saturated heterocycles. The molecule has 6 rings (SSSR count). The van der Waals surface area contributed by atoms with Gasteiger partial charge < -0.3 is 14.4 Å². The number of imidazole rings is 1. The van der Waals surface area contributed by atoms with Crippen LogP contribution >= 0.6 is 0 Å². The highest BCUT2D eigenvalue weighted by atomic mass is 16.2. The molecule has 4 heterocycles. The molecular weight excluding hydrogens is 402 g/mol. The Labute approximate surface area is 185 Å². The number of pyridine rings is 1. The van der Waals surface area contributed by atoms with Crippen LogP contribution in [0.25, 0.3) is 22.1 Å². The summed E-state index contributed by atoms with van der Waals surface area (Å²) in [5, 5.41) is 1.04. The van der Waals surface area contributed by atoms with Gasteiger partial charge in [0, 0.05) is 43.8 Å². The molecule has 2 fully saturated rings. The van der Waals surface area contributed by atoms with Crippen LogP contribution in [-0.4, -0.2) is 61.5 Å². The minimum absolute atomic E-state index is 0.0158. The van der Waals surface area contributed by atoms with Crippen LogP contribution in [0.3, 0.4) is 0 Å². The molecule has 4 aromatic rings. The van der Waals surface area contributed by atoms with E-state index in [0.717, 1.165) is 41.0 Å². The number of rotatable bonds is 3. The Hall–Kier alpha value is -3.55. The summed E-state index contributed by atoms with van der Waals surface area (Å²) in [4.78, 5) is 35.3. The predicted molar refractivity (Wildman–Crippen MR) is 123 cm³/mol. The summed E-state index contributed by atoms with van der Waals surface area (Å²) < 4.78 is 2.18. The maximum absolute atomic E-state index is 13.2. The zero-order chi connectivity index (χ0) is 21.5. The van der Waals surface area contributed by atoms with Gasteiger partial charge >= 0.3 is 0 Å². The van der Waals surface area contributed by atoms with Gasteiger partial charge in [-0.15, -0.1) is 0 Å². The summed E-state index contributed by atoms with van der Waals surface area (Å²) in [5.41, 5.74) is 3.23. The van der Waals surface area contributed by atoms with E-state index in [1.165, 1.54) is 25.7 Å². The standard InChI is InChI=1S/C24H25N7O/c32-24(17-13-21-23(25-14-17)31(16-28-21)18-5-1-2-6-18)30-11-9-29(10-12-30)22-19-7-3-4-8-20(19)26-15-27-22/h3-4,7-8,13-16,18H,1-2,5-6,9-12H2. The second kappa shape index (κ2) is 7.85. The summed E-state index contributed by atoms with van der Waals surface area (Å²) in [7, 11) is 0. The van der Waals surface area contributed by atoms with Crippen molar-refractivity contribution >= 4 is 33.8 Å². The van der Waals surface area contributed by atoms with Gasteiger partial charge in [-0.05, 0) is 31.0 Å². The summed E-state index contributed by atoms with van der Waals surface area (Å²) in [6, 6.07) is 10.4. The smallest absolute Gasteiger partial charge is 0.255 e. The zero-order valence-electron chi connectivity index (χ0n) is 17.9. The van der Waals surface area contributed by atoms with Gasteiger partial charge in [0.1, 0.15) is 17.7 Å². The van der Waals surface area contributed by atoms with Crippen molar-refractivity contribution in [1.82, 2.24) is 29.4 Å². The van der Waals surface area contributed by atoms with E-state index in [1.807, 2.05) is 41.6 Å². The average molecular weight is 428 g/mol. The van der Waals surface area contributed by atoms with Crippen LogP contribution in [0.4, 0.5) is 5.82 Å². The average Bonchev–Trinajstić information content (AvgIpc) is 3.53. The van der Waals surface area contributed by atoms with Crippen LogP contribution in [0.2, 0.25) is 0 Å². The van der Waals surface area contributed by atoms with Crippen molar-refractivity contribution in [2.45, 2.75) is 31.7 Å². The number of nitrogens with zero attached hydrogens (tertiary/aromatic N) is 7. The number of para-hydroxylation sites is 1. The summed E-state index contributed by atoms with van der Waals surface area (Å²) in [5.74, 6) is 0.949. The lowest BCUT2D eigenvalue weighted by Crippen LogP contribution is -2.49. The van der Waals surface area contributed by atoms with Crippen molar-refractivity contribution in [2.24, 2.45) is 0 Å². The van der Waals surface area contributed by atoms with Gasteiger partial charge in [-0.25, -0.2) is 19.9 Å². The summed E-state index contributed by atoms with van der Waals surface area (Å²) in [6.45, 7) is 2.76. The van der Waals surface area contributed by atoms with Gasteiger partial charge in [0.25, 0.3) is 5.91 Å². The molecule has 1 aliphatic heterocycles. The molecule has 162 valence electrons. The Bertz CT molecular complexity index is 1280. The van der Waals surface area contributed by atoms with E-state index >= 15 is 0 Å². The van der Waals surface area contributed by atoms with E-state index < -0.39 is 0 Å². The monoisotopic (exact) mass is 427 g/mol. The molecule has 1 amide bonds. The summed E-state index contributed by atoms with van der Waals surface area (Å²) >= 11 is 0. The van der Waals surface area contributed by atoms with Crippen LogP contribution in [0.5, 0.6) is 0 Å². The first kappa shape index (κ1) is 19.2. The lowest BCUT2D eigenvalue weighted by atomic mass is 10.2. The third-order valence-electron chi connectivity index (χ3n) is 6.77. The van der Waals surface area contributed by atoms with Crippen molar-refractivity contribution in [3.63, 3.8) is 0 Å². The third kappa shape index (κ3) is 3.26. The molecule has 0 unspecified atom stereocenters. The SMILES string of the molecule is O=C(c1cnc2c(c1)ncn2C1CCCC1)N1CCN(c2ncnc3ccccc23)CC1. The highest BCUT2D eigenvalue weighted by Crippen LogP contribution is 2.31. The number of carbonyl (C=O) groups is 1. The second-order valence-electron chi connectivity index (χ2n) is 8.65. The highest BCUT2D eigenvalue weighted by Gasteiger charge is 2.25. The van der Waals surface area contributed by atoms with E-state index in [1.54, 1.807) is 12.5 Å². The fraction of sp³-hybridized carbons (Fsp3) is 0.375. The van der Waals surface area contributed by atoms with Crippen LogP contribution < -0.4 is 4.90 Å². The van der Waals surface area contributed by atoms with Gasteiger partial charge in [-0.2, -0.15) is 0 Å². The number of fused-ring (bicyclic) bond motifs is 2. The van der Waals surface area contributed by atoms with Gasteiger partial charge in [-0.1, -0.05) is 25.0 Å². The van der Waals surface area contributed by atoms with Crippen molar-refractivity contribution in [1.29, 1.82) is 0 Å². The Morgan fingerprint density at radius 2 is 1.72 bits per heavy atom. The molecular formula is C24H25N7O. The number of amides is 1. The van der Waals surface area contributed by atoms with Gasteiger partial charge in [-0.3, -0.25) is 4.79 Å². The molecule has 0 spiro atoms. The largest absolute Gasteiger partial charge is 0.352 e. The van der Waals surface area contributed by atoms with Crippen molar-refractivity contribution in [3.05, 3.63) is 54.7 Å². The molecule has 8 nitrogen and oxygen atoms in total. The van der Waals surface area contributed by atoms with Crippen LogP contribution in [0, 0.1) is 0 Å². The number of benzene rings is 1. The highest BCUT2D eigenvalue weighted by molar-refractivity contribution is 5.96. The normalized spacial score (nSPS) is 17.5. The number of piperazine rings is 1. The Morgan fingerprint density at radius 1 is 0.906 bits per heavy atom. The van der Waals surface area contributed by atoms with Crippen molar-refractivity contribution < 1.29 is 4.79 Å². The summed E-state index contributed by atoms with van der Waals surface area (Å²) in [6.07, 6.45) is 10.1. The van der Waals surface area contributed by atoms with Gasteiger partial charge in [0.05, 0.1) is 17.4 Å². The van der Waals surface area contributed by atoms with E-state index in [0.29, 0.717) is 24.7 Å². The number of hydrogen-bond donors (Lipinski definition) is 0. The fourth-order valence-electron chi connectivity index (χ4n) is 5.03. The molecule has 1 saturated carbocycles. The minimum Gasteiger partial charge on any atom is -0.352 e. The molecule has 1 aromatic carbocycles. The molecule has 0 N–H and O–H groups in total. The van der Waals surface area contributed by atoms with E-state index in [2.05, 4.69) is 29.4 Å². The first-order valence-electron chi connectivity index (χ1n) is 11.3. The maximum atomic E-state index is 13.2. The van der Waals surface area contributed by atoms with E-state index in [-0.39, 0.29) is 5.91 Å². The first-order valence-corrected chi connectivity index (χ1v) is 11.3. The van der Waals surface area contributed by atoms with Gasteiger partial charge in [0.15, 0.2) is 5.65 Å². The first-order chi connectivity index (χ1) is 15.8. The van der Waals surface area contributed by atoms with E-state index in [4.69, 9.17) is 0 Å². The molecule has 0 radical (unpaired) electrons. The number of anilines is 1. The van der Waals surface area contributed by atoms with Crippen LogP contribution in [0.15, 0.2) is 49.2 Å². The Morgan fingerprint density at radius 3 is 2.56 bits per heavy atom. The number of hydrogen-bond acceptors (Lipinski definition) is 6. The number of aromatic nitrogens is 5. The minimum atomic E-state index is 0.0158. The van der Waals surface area contributed by atoms with Crippen LogP contribution in [-0.2, 0) is 0 Å². The number of carbonyl (C=O) groups excluding carboxylic acids is 1.